The minimum absolute atomic E-state index is 0.0984. The van der Waals surface area contributed by atoms with Crippen molar-refractivity contribution in [3.8, 4) is 0 Å². The standard InChI is InChI=1S/C20H20BrN3O2S/c1-3-13-6-4-5-7-16(13)23-20-24(2)19(26)17(27-20)12-18(25)22-15-10-8-14(21)9-11-15/h4-11,17H,3,12H2,1-2H3,(H,22,25)/t17-/m1/s1. The maximum atomic E-state index is 12.5. The molecule has 0 aliphatic carbocycles. The highest BCUT2D eigenvalue weighted by Gasteiger charge is 2.37. The summed E-state index contributed by atoms with van der Waals surface area (Å²) in [5, 5.41) is 3.00. The first kappa shape index (κ1) is 19.6. The van der Waals surface area contributed by atoms with Gasteiger partial charge in [-0.05, 0) is 42.3 Å². The molecule has 3 rings (SSSR count). The number of amides is 2. The predicted octanol–water partition coefficient (Wildman–Crippen LogP) is 4.60. The van der Waals surface area contributed by atoms with Gasteiger partial charge in [-0.15, -0.1) is 0 Å². The zero-order valence-corrected chi connectivity index (χ0v) is 17.5. The van der Waals surface area contributed by atoms with Gasteiger partial charge in [-0.25, -0.2) is 4.99 Å². The number of thioether (sulfide) groups is 1. The molecule has 1 heterocycles. The lowest BCUT2D eigenvalue weighted by atomic mass is 10.1. The van der Waals surface area contributed by atoms with Gasteiger partial charge in [0.25, 0.3) is 0 Å². The third-order valence-electron chi connectivity index (χ3n) is 4.23. The van der Waals surface area contributed by atoms with Gasteiger partial charge >= 0.3 is 0 Å². The number of hydrogen-bond acceptors (Lipinski definition) is 4. The molecular weight excluding hydrogens is 426 g/mol. The van der Waals surface area contributed by atoms with Gasteiger partial charge < -0.3 is 5.32 Å². The van der Waals surface area contributed by atoms with Gasteiger partial charge in [-0.1, -0.05) is 52.8 Å². The van der Waals surface area contributed by atoms with Crippen molar-refractivity contribution in [3.05, 3.63) is 58.6 Å². The van der Waals surface area contributed by atoms with E-state index in [1.165, 1.54) is 16.7 Å². The van der Waals surface area contributed by atoms with Crippen LogP contribution in [0, 0.1) is 0 Å². The molecule has 1 aliphatic rings. The maximum absolute atomic E-state index is 12.5. The normalized spacial score (nSPS) is 18.2. The van der Waals surface area contributed by atoms with Crippen LogP contribution in [0.3, 0.4) is 0 Å². The number of nitrogens with zero attached hydrogens (tertiary/aromatic N) is 2. The number of halogens is 1. The number of carbonyl (C=O) groups is 2. The molecule has 0 spiro atoms. The Morgan fingerprint density at radius 3 is 2.63 bits per heavy atom. The van der Waals surface area contributed by atoms with Crippen LogP contribution in [0.4, 0.5) is 11.4 Å². The van der Waals surface area contributed by atoms with Crippen molar-refractivity contribution in [1.82, 2.24) is 4.90 Å². The monoisotopic (exact) mass is 445 g/mol. The molecule has 1 atom stereocenters. The van der Waals surface area contributed by atoms with Gasteiger partial charge in [0.15, 0.2) is 5.17 Å². The fourth-order valence-electron chi connectivity index (χ4n) is 2.73. The average Bonchev–Trinajstić information content (AvgIpc) is 2.92. The van der Waals surface area contributed by atoms with Crippen molar-refractivity contribution in [2.45, 2.75) is 25.0 Å². The van der Waals surface area contributed by atoms with Gasteiger partial charge in [-0.2, -0.15) is 0 Å². The van der Waals surface area contributed by atoms with E-state index in [0.717, 1.165) is 22.1 Å². The van der Waals surface area contributed by atoms with E-state index in [1.54, 1.807) is 7.05 Å². The summed E-state index contributed by atoms with van der Waals surface area (Å²) < 4.78 is 0.942. The predicted molar refractivity (Wildman–Crippen MR) is 114 cm³/mol. The van der Waals surface area contributed by atoms with Crippen molar-refractivity contribution in [2.24, 2.45) is 4.99 Å². The van der Waals surface area contributed by atoms with Crippen LogP contribution in [0.1, 0.15) is 18.9 Å². The number of anilines is 1. The summed E-state index contributed by atoms with van der Waals surface area (Å²) in [7, 11) is 1.70. The molecule has 0 bridgehead atoms. The summed E-state index contributed by atoms with van der Waals surface area (Å²) in [5.41, 5.74) is 2.70. The fraction of sp³-hybridized carbons (Fsp3) is 0.250. The van der Waals surface area contributed by atoms with E-state index in [9.17, 15) is 9.59 Å². The van der Waals surface area contributed by atoms with Crippen LogP contribution in [0.15, 0.2) is 58.0 Å². The summed E-state index contributed by atoms with van der Waals surface area (Å²) in [5.74, 6) is -0.287. The Balaban J connectivity index is 1.69. The summed E-state index contributed by atoms with van der Waals surface area (Å²) in [6.07, 6.45) is 0.979. The number of aliphatic imine (C=N–C) groups is 1. The van der Waals surface area contributed by atoms with E-state index >= 15 is 0 Å². The molecule has 0 aromatic heterocycles. The van der Waals surface area contributed by atoms with Crippen LogP contribution >= 0.6 is 27.7 Å². The molecule has 1 aliphatic heterocycles. The molecule has 0 saturated carbocycles. The number of amidine groups is 1. The SMILES string of the molecule is CCc1ccccc1N=C1S[C@H](CC(=O)Nc2ccc(Br)cc2)C(=O)N1C. The van der Waals surface area contributed by atoms with Gasteiger partial charge in [-0.3, -0.25) is 14.5 Å². The third-order valence-corrected chi connectivity index (χ3v) is 5.99. The molecule has 2 aromatic carbocycles. The molecule has 1 saturated heterocycles. The zero-order chi connectivity index (χ0) is 19.4. The first-order chi connectivity index (χ1) is 13.0. The lowest BCUT2D eigenvalue weighted by molar-refractivity contribution is -0.127. The van der Waals surface area contributed by atoms with Gasteiger partial charge in [0.05, 0.1) is 5.69 Å². The fourth-order valence-corrected chi connectivity index (χ4v) is 4.14. The Hall–Kier alpha value is -2.12. The van der Waals surface area contributed by atoms with Gasteiger partial charge in [0.1, 0.15) is 5.25 Å². The number of aryl methyl sites for hydroxylation is 1. The summed E-state index contributed by atoms with van der Waals surface area (Å²) >= 11 is 4.70. The molecule has 7 heteroatoms. The Kier molecular flexibility index (Phi) is 6.34. The maximum Gasteiger partial charge on any atom is 0.242 e. The number of rotatable bonds is 5. The van der Waals surface area contributed by atoms with E-state index < -0.39 is 5.25 Å². The highest BCUT2D eigenvalue weighted by molar-refractivity contribution is 9.10. The second-order valence-electron chi connectivity index (χ2n) is 6.14. The van der Waals surface area contributed by atoms with Crippen LogP contribution in [-0.2, 0) is 16.0 Å². The van der Waals surface area contributed by atoms with E-state index in [1.807, 2.05) is 48.5 Å². The molecule has 27 heavy (non-hydrogen) atoms. The molecular formula is C20H20BrN3O2S. The first-order valence-corrected chi connectivity index (χ1v) is 10.3. The first-order valence-electron chi connectivity index (χ1n) is 8.64. The van der Waals surface area contributed by atoms with E-state index in [0.29, 0.717) is 10.9 Å². The largest absolute Gasteiger partial charge is 0.326 e. The second-order valence-corrected chi connectivity index (χ2v) is 8.23. The second kappa shape index (κ2) is 8.71. The summed E-state index contributed by atoms with van der Waals surface area (Å²) in [4.78, 5) is 31.1. The van der Waals surface area contributed by atoms with Crippen LogP contribution in [0.5, 0.6) is 0 Å². The Labute approximate surface area is 171 Å². The van der Waals surface area contributed by atoms with Crippen LogP contribution in [0.2, 0.25) is 0 Å². The quantitative estimate of drug-likeness (QED) is 0.730. The number of benzene rings is 2. The summed E-state index contributed by atoms with van der Waals surface area (Å²) in [6.45, 7) is 2.07. The van der Waals surface area contributed by atoms with E-state index in [4.69, 9.17) is 0 Å². The Morgan fingerprint density at radius 1 is 1.22 bits per heavy atom. The number of carbonyl (C=O) groups excluding carboxylic acids is 2. The number of para-hydroxylation sites is 1. The van der Waals surface area contributed by atoms with Crippen molar-refractivity contribution in [2.75, 3.05) is 12.4 Å². The Bertz CT molecular complexity index is 883. The molecule has 2 amide bonds. The molecule has 140 valence electrons. The Morgan fingerprint density at radius 2 is 1.93 bits per heavy atom. The molecule has 5 nitrogen and oxygen atoms in total. The molecule has 0 unspecified atom stereocenters. The van der Waals surface area contributed by atoms with E-state index in [-0.39, 0.29) is 18.2 Å². The molecule has 1 N–H and O–H groups in total. The number of hydrogen-bond donors (Lipinski definition) is 1. The molecule has 0 radical (unpaired) electrons. The van der Waals surface area contributed by atoms with E-state index in [2.05, 4.69) is 33.2 Å². The van der Waals surface area contributed by atoms with Crippen LogP contribution in [0.25, 0.3) is 0 Å². The van der Waals surface area contributed by atoms with Crippen molar-refractivity contribution in [1.29, 1.82) is 0 Å². The minimum atomic E-state index is -0.460. The smallest absolute Gasteiger partial charge is 0.242 e. The molecule has 2 aromatic rings. The third kappa shape index (κ3) is 4.78. The minimum Gasteiger partial charge on any atom is -0.326 e. The van der Waals surface area contributed by atoms with Crippen LogP contribution < -0.4 is 5.32 Å². The average molecular weight is 446 g/mol. The van der Waals surface area contributed by atoms with Crippen molar-refractivity contribution in [3.63, 3.8) is 0 Å². The summed E-state index contributed by atoms with van der Waals surface area (Å²) in [6, 6.07) is 15.2. The van der Waals surface area contributed by atoms with Gasteiger partial charge in [0, 0.05) is 23.6 Å². The highest BCUT2D eigenvalue weighted by Crippen LogP contribution is 2.32. The molecule has 1 fully saturated rings. The van der Waals surface area contributed by atoms with Crippen LogP contribution in [-0.4, -0.2) is 34.2 Å². The van der Waals surface area contributed by atoms with Crippen molar-refractivity contribution < 1.29 is 9.59 Å². The lowest BCUT2D eigenvalue weighted by Gasteiger charge is -2.10. The number of nitrogens with one attached hydrogen (secondary N) is 1. The topological polar surface area (TPSA) is 61.8 Å². The zero-order valence-electron chi connectivity index (χ0n) is 15.1. The van der Waals surface area contributed by atoms with Gasteiger partial charge in [0.2, 0.25) is 11.8 Å². The highest BCUT2D eigenvalue weighted by atomic mass is 79.9. The van der Waals surface area contributed by atoms with Crippen molar-refractivity contribution >= 4 is 56.0 Å². The lowest BCUT2D eigenvalue weighted by Crippen LogP contribution is -2.30.